The van der Waals surface area contributed by atoms with E-state index in [0.717, 1.165) is 6.54 Å². The molecule has 1 aromatic carbocycles. The molecule has 0 heterocycles. The van der Waals surface area contributed by atoms with Gasteiger partial charge in [-0.3, -0.25) is 0 Å². The van der Waals surface area contributed by atoms with Crippen LogP contribution < -0.4 is 11.1 Å². The van der Waals surface area contributed by atoms with E-state index in [0.29, 0.717) is 19.8 Å². The van der Waals surface area contributed by atoms with E-state index in [-0.39, 0.29) is 6.04 Å². The van der Waals surface area contributed by atoms with Crippen LogP contribution in [0.2, 0.25) is 0 Å². The van der Waals surface area contributed by atoms with E-state index in [1.54, 1.807) is 14.2 Å². The van der Waals surface area contributed by atoms with Crippen molar-refractivity contribution in [3.8, 4) is 0 Å². The smallest absolute Gasteiger partial charge is 0.0713 e. The number of rotatable bonds is 8. The Balaban J connectivity index is 2.55. The van der Waals surface area contributed by atoms with E-state index in [4.69, 9.17) is 15.2 Å². The molecule has 1 aromatic rings. The number of methoxy groups -OCH3 is 2. The number of hydrogen-bond donors (Lipinski definition) is 2. The minimum Gasteiger partial charge on any atom is -0.383 e. The summed E-state index contributed by atoms with van der Waals surface area (Å²) in [5.74, 6) is 0. The fourth-order valence-electron chi connectivity index (χ4n) is 1.69. The van der Waals surface area contributed by atoms with E-state index in [2.05, 4.69) is 29.6 Å². The van der Waals surface area contributed by atoms with Gasteiger partial charge in [0.15, 0.2) is 0 Å². The number of hydrogen-bond acceptors (Lipinski definition) is 4. The first-order valence-electron chi connectivity index (χ1n) is 5.82. The van der Waals surface area contributed by atoms with Gasteiger partial charge in [-0.05, 0) is 11.1 Å². The molecule has 0 spiro atoms. The highest BCUT2D eigenvalue weighted by Crippen LogP contribution is 2.13. The van der Waals surface area contributed by atoms with Crippen molar-refractivity contribution in [3.05, 3.63) is 35.4 Å². The van der Waals surface area contributed by atoms with Crippen molar-refractivity contribution < 1.29 is 9.47 Å². The normalized spacial score (nSPS) is 12.6. The number of ether oxygens (including phenoxy) is 2. The maximum absolute atomic E-state index is 5.76. The van der Waals surface area contributed by atoms with Crippen LogP contribution in [0.5, 0.6) is 0 Å². The van der Waals surface area contributed by atoms with Crippen molar-refractivity contribution in [2.45, 2.75) is 12.6 Å². The molecule has 4 heteroatoms. The Bertz CT molecular complexity index is 301. The van der Waals surface area contributed by atoms with Crippen molar-refractivity contribution in [2.75, 3.05) is 33.9 Å². The third kappa shape index (κ3) is 4.83. The summed E-state index contributed by atoms with van der Waals surface area (Å²) in [6.07, 6.45) is 0. The predicted octanol–water partition coefficient (Wildman–Crippen LogP) is 1.07. The van der Waals surface area contributed by atoms with Crippen LogP contribution in [-0.2, 0) is 16.1 Å². The van der Waals surface area contributed by atoms with E-state index in [9.17, 15) is 0 Å². The van der Waals surface area contributed by atoms with Gasteiger partial charge in [-0.25, -0.2) is 0 Å². The Morgan fingerprint density at radius 3 is 2.41 bits per heavy atom. The van der Waals surface area contributed by atoms with Crippen molar-refractivity contribution in [3.63, 3.8) is 0 Å². The van der Waals surface area contributed by atoms with Gasteiger partial charge < -0.3 is 20.5 Å². The Morgan fingerprint density at radius 1 is 1.18 bits per heavy atom. The molecule has 1 unspecified atom stereocenters. The first-order valence-corrected chi connectivity index (χ1v) is 5.82. The molecule has 0 saturated heterocycles. The Morgan fingerprint density at radius 2 is 1.88 bits per heavy atom. The van der Waals surface area contributed by atoms with Crippen LogP contribution in [0.15, 0.2) is 24.3 Å². The zero-order chi connectivity index (χ0) is 12.5. The zero-order valence-electron chi connectivity index (χ0n) is 10.6. The maximum atomic E-state index is 5.76. The molecule has 0 aliphatic heterocycles. The van der Waals surface area contributed by atoms with Crippen LogP contribution in [0.3, 0.4) is 0 Å². The first kappa shape index (κ1) is 14.1. The van der Waals surface area contributed by atoms with Crippen molar-refractivity contribution in [2.24, 2.45) is 5.73 Å². The third-order valence-corrected chi connectivity index (χ3v) is 2.63. The van der Waals surface area contributed by atoms with Crippen LogP contribution in [-0.4, -0.2) is 33.9 Å². The van der Waals surface area contributed by atoms with E-state index in [1.165, 1.54) is 11.1 Å². The average Bonchev–Trinajstić information content (AvgIpc) is 2.36. The molecular weight excluding hydrogens is 216 g/mol. The van der Waals surface area contributed by atoms with Crippen LogP contribution in [0, 0.1) is 0 Å². The summed E-state index contributed by atoms with van der Waals surface area (Å²) >= 11 is 0. The number of benzene rings is 1. The van der Waals surface area contributed by atoms with Gasteiger partial charge in [0.2, 0.25) is 0 Å². The standard InChI is InChI=1S/C13H22N2O2/c1-16-8-7-15-13(9-14)12-5-3-11(4-6-12)10-17-2/h3-6,13,15H,7-10,14H2,1-2H3. The molecule has 0 bridgehead atoms. The lowest BCUT2D eigenvalue weighted by Gasteiger charge is -2.17. The summed E-state index contributed by atoms with van der Waals surface area (Å²) in [6.45, 7) is 2.72. The Hall–Kier alpha value is -0.940. The molecule has 0 aliphatic rings. The molecule has 1 atom stereocenters. The minimum absolute atomic E-state index is 0.182. The second-order valence-corrected chi connectivity index (χ2v) is 3.91. The van der Waals surface area contributed by atoms with Crippen LogP contribution in [0.1, 0.15) is 17.2 Å². The topological polar surface area (TPSA) is 56.5 Å². The highest BCUT2D eigenvalue weighted by atomic mass is 16.5. The van der Waals surface area contributed by atoms with E-state index >= 15 is 0 Å². The summed E-state index contributed by atoms with van der Waals surface area (Å²) in [5, 5.41) is 3.36. The zero-order valence-corrected chi connectivity index (χ0v) is 10.6. The minimum atomic E-state index is 0.182. The van der Waals surface area contributed by atoms with Gasteiger partial charge in [-0.1, -0.05) is 24.3 Å². The van der Waals surface area contributed by atoms with Gasteiger partial charge in [0, 0.05) is 33.4 Å². The summed E-state index contributed by atoms with van der Waals surface area (Å²) in [4.78, 5) is 0. The second kappa shape index (κ2) is 8.20. The van der Waals surface area contributed by atoms with Crippen molar-refractivity contribution in [1.82, 2.24) is 5.32 Å². The maximum Gasteiger partial charge on any atom is 0.0713 e. The van der Waals surface area contributed by atoms with E-state index in [1.807, 2.05) is 0 Å². The Labute approximate surface area is 103 Å². The van der Waals surface area contributed by atoms with Crippen molar-refractivity contribution in [1.29, 1.82) is 0 Å². The van der Waals surface area contributed by atoms with Gasteiger partial charge in [0.25, 0.3) is 0 Å². The largest absolute Gasteiger partial charge is 0.383 e. The molecule has 3 N–H and O–H groups in total. The van der Waals surface area contributed by atoms with Gasteiger partial charge >= 0.3 is 0 Å². The molecule has 0 aliphatic carbocycles. The Kier molecular flexibility index (Phi) is 6.81. The van der Waals surface area contributed by atoms with Gasteiger partial charge in [0.05, 0.1) is 13.2 Å². The molecule has 0 amide bonds. The SMILES string of the molecule is COCCNC(CN)c1ccc(COC)cc1. The quantitative estimate of drug-likeness (QED) is 0.665. The lowest BCUT2D eigenvalue weighted by Crippen LogP contribution is -2.30. The van der Waals surface area contributed by atoms with Crippen LogP contribution >= 0.6 is 0 Å². The summed E-state index contributed by atoms with van der Waals surface area (Å²) < 4.78 is 10.1. The summed E-state index contributed by atoms with van der Waals surface area (Å²) in [6, 6.07) is 8.50. The average molecular weight is 238 g/mol. The number of nitrogens with two attached hydrogens (primary N) is 1. The summed E-state index contributed by atoms with van der Waals surface area (Å²) in [5.41, 5.74) is 8.12. The fraction of sp³-hybridized carbons (Fsp3) is 0.538. The monoisotopic (exact) mass is 238 g/mol. The van der Waals surface area contributed by atoms with E-state index < -0.39 is 0 Å². The third-order valence-electron chi connectivity index (χ3n) is 2.63. The van der Waals surface area contributed by atoms with Gasteiger partial charge in [-0.15, -0.1) is 0 Å². The second-order valence-electron chi connectivity index (χ2n) is 3.91. The fourth-order valence-corrected chi connectivity index (χ4v) is 1.69. The molecular formula is C13H22N2O2. The number of nitrogens with one attached hydrogen (secondary N) is 1. The summed E-state index contributed by atoms with van der Waals surface area (Å²) in [7, 11) is 3.39. The molecule has 4 nitrogen and oxygen atoms in total. The van der Waals surface area contributed by atoms with Crippen molar-refractivity contribution >= 4 is 0 Å². The lowest BCUT2D eigenvalue weighted by molar-refractivity contribution is 0.185. The molecule has 17 heavy (non-hydrogen) atoms. The molecule has 0 aromatic heterocycles. The molecule has 96 valence electrons. The van der Waals surface area contributed by atoms with Gasteiger partial charge in [0.1, 0.15) is 0 Å². The highest BCUT2D eigenvalue weighted by molar-refractivity contribution is 5.25. The predicted molar refractivity (Wildman–Crippen MR) is 68.8 cm³/mol. The van der Waals surface area contributed by atoms with Crippen LogP contribution in [0.4, 0.5) is 0 Å². The molecule has 0 fully saturated rings. The molecule has 1 rings (SSSR count). The van der Waals surface area contributed by atoms with Gasteiger partial charge in [-0.2, -0.15) is 0 Å². The lowest BCUT2D eigenvalue weighted by atomic mass is 10.1. The molecule has 0 radical (unpaired) electrons. The molecule has 0 saturated carbocycles. The highest BCUT2D eigenvalue weighted by Gasteiger charge is 2.08. The first-order chi connectivity index (χ1) is 8.31. The van der Waals surface area contributed by atoms with Crippen LogP contribution in [0.25, 0.3) is 0 Å².